The lowest BCUT2D eigenvalue weighted by molar-refractivity contribution is -0.275. The Morgan fingerprint density at radius 3 is 2.35 bits per heavy atom. The van der Waals surface area contributed by atoms with Crippen LogP contribution in [0.4, 0.5) is 13.2 Å². The summed E-state index contributed by atoms with van der Waals surface area (Å²) in [6, 6.07) is 5.83. The van der Waals surface area contributed by atoms with Crippen LogP contribution in [-0.2, 0) is 0 Å². The Labute approximate surface area is 117 Å². The molecule has 0 aromatic heterocycles. The third-order valence-corrected chi connectivity index (χ3v) is 2.60. The molecule has 0 spiro atoms. The lowest BCUT2D eigenvalue weighted by Crippen LogP contribution is -2.31. The first kappa shape index (κ1) is 16.6. The summed E-state index contributed by atoms with van der Waals surface area (Å²) in [5, 5.41) is 3.13. The summed E-state index contributed by atoms with van der Waals surface area (Å²) >= 11 is 0. The van der Waals surface area contributed by atoms with Gasteiger partial charge in [0.2, 0.25) is 0 Å². The maximum atomic E-state index is 12.3. The molecule has 114 valence electrons. The van der Waals surface area contributed by atoms with E-state index in [-0.39, 0.29) is 17.6 Å². The number of hydrogen-bond donors (Lipinski definition) is 1. The van der Waals surface area contributed by atoms with Gasteiger partial charge in [-0.3, -0.25) is 0 Å². The first-order chi connectivity index (χ1) is 9.46. The predicted molar refractivity (Wildman–Crippen MR) is 71.0 cm³/mol. The van der Waals surface area contributed by atoms with E-state index in [2.05, 4.69) is 10.1 Å². The van der Waals surface area contributed by atoms with Gasteiger partial charge in [0.15, 0.2) is 11.5 Å². The fourth-order valence-electron chi connectivity index (χ4n) is 1.77. The predicted octanol–water partition coefficient (Wildman–Crippen LogP) is 3.74. The SMILES string of the molecule is CCCC(CNCC)Oc1ccccc1OC(F)(F)F. The number of likely N-dealkylation sites (N-methyl/N-ethyl adjacent to an activating group) is 1. The second-order valence-electron chi connectivity index (χ2n) is 4.33. The van der Waals surface area contributed by atoms with Crippen molar-refractivity contribution in [1.82, 2.24) is 5.32 Å². The van der Waals surface area contributed by atoms with E-state index in [1.807, 2.05) is 13.8 Å². The molecule has 20 heavy (non-hydrogen) atoms. The Morgan fingerprint density at radius 2 is 1.80 bits per heavy atom. The monoisotopic (exact) mass is 291 g/mol. The van der Waals surface area contributed by atoms with Crippen molar-refractivity contribution in [3.05, 3.63) is 24.3 Å². The van der Waals surface area contributed by atoms with Crippen molar-refractivity contribution >= 4 is 0 Å². The van der Waals surface area contributed by atoms with E-state index >= 15 is 0 Å². The zero-order valence-corrected chi connectivity index (χ0v) is 11.7. The van der Waals surface area contributed by atoms with Crippen molar-refractivity contribution in [2.24, 2.45) is 0 Å². The van der Waals surface area contributed by atoms with Crippen molar-refractivity contribution in [1.29, 1.82) is 0 Å². The normalized spacial score (nSPS) is 13.1. The topological polar surface area (TPSA) is 30.5 Å². The molecule has 0 aliphatic rings. The van der Waals surface area contributed by atoms with E-state index in [0.717, 1.165) is 19.4 Å². The van der Waals surface area contributed by atoms with Gasteiger partial charge in [-0.1, -0.05) is 32.4 Å². The van der Waals surface area contributed by atoms with Gasteiger partial charge < -0.3 is 14.8 Å². The van der Waals surface area contributed by atoms with Gasteiger partial charge in [0.05, 0.1) is 0 Å². The van der Waals surface area contributed by atoms with Crippen molar-refractivity contribution in [2.45, 2.75) is 39.2 Å². The molecule has 1 N–H and O–H groups in total. The molecule has 0 heterocycles. The van der Waals surface area contributed by atoms with E-state index in [9.17, 15) is 13.2 Å². The third-order valence-electron chi connectivity index (χ3n) is 2.60. The number of ether oxygens (including phenoxy) is 2. The maximum Gasteiger partial charge on any atom is 0.573 e. The molecule has 0 saturated carbocycles. The van der Waals surface area contributed by atoms with Crippen molar-refractivity contribution in [2.75, 3.05) is 13.1 Å². The first-order valence-corrected chi connectivity index (χ1v) is 6.68. The zero-order valence-electron chi connectivity index (χ0n) is 11.7. The Morgan fingerprint density at radius 1 is 1.15 bits per heavy atom. The van der Waals surface area contributed by atoms with Gasteiger partial charge in [0, 0.05) is 6.54 Å². The molecule has 1 aromatic carbocycles. The van der Waals surface area contributed by atoms with Crippen LogP contribution in [0, 0.1) is 0 Å². The van der Waals surface area contributed by atoms with Gasteiger partial charge in [0.25, 0.3) is 0 Å². The summed E-state index contributed by atoms with van der Waals surface area (Å²) in [6.07, 6.45) is -3.26. The van der Waals surface area contributed by atoms with E-state index in [1.165, 1.54) is 18.2 Å². The number of nitrogens with one attached hydrogen (secondary N) is 1. The molecule has 0 amide bonds. The smallest absolute Gasteiger partial charge is 0.485 e. The van der Waals surface area contributed by atoms with E-state index in [4.69, 9.17) is 4.74 Å². The van der Waals surface area contributed by atoms with Gasteiger partial charge in [0.1, 0.15) is 6.10 Å². The summed E-state index contributed by atoms with van der Waals surface area (Å²) in [5.74, 6) is -0.196. The number of hydrogen-bond acceptors (Lipinski definition) is 3. The minimum Gasteiger partial charge on any atom is -0.485 e. The summed E-state index contributed by atoms with van der Waals surface area (Å²) < 4.78 is 46.6. The van der Waals surface area contributed by atoms with Crippen molar-refractivity contribution in [3.63, 3.8) is 0 Å². The molecule has 0 aliphatic heterocycles. The molecule has 1 unspecified atom stereocenters. The number of rotatable bonds is 8. The van der Waals surface area contributed by atoms with Crippen LogP contribution < -0.4 is 14.8 Å². The van der Waals surface area contributed by atoms with E-state index < -0.39 is 6.36 Å². The standard InChI is InChI=1S/C14H20F3NO2/c1-3-7-11(10-18-4-2)19-12-8-5-6-9-13(12)20-14(15,16)17/h5-6,8-9,11,18H,3-4,7,10H2,1-2H3. The maximum absolute atomic E-state index is 12.3. The van der Waals surface area contributed by atoms with Crippen LogP contribution in [0.25, 0.3) is 0 Å². The quantitative estimate of drug-likeness (QED) is 0.791. The number of alkyl halides is 3. The molecular formula is C14H20F3NO2. The fourth-order valence-corrected chi connectivity index (χ4v) is 1.77. The van der Waals surface area contributed by atoms with Crippen LogP contribution in [0.5, 0.6) is 11.5 Å². The molecule has 0 aliphatic carbocycles. The van der Waals surface area contributed by atoms with E-state index in [1.54, 1.807) is 6.07 Å². The van der Waals surface area contributed by atoms with E-state index in [0.29, 0.717) is 6.54 Å². The first-order valence-electron chi connectivity index (χ1n) is 6.68. The summed E-state index contributed by atoms with van der Waals surface area (Å²) in [6.45, 7) is 5.33. The Kier molecular flexibility index (Phi) is 6.64. The number of halogens is 3. The average Bonchev–Trinajstić information content (AvgIpc) is 2.37. The van der Waals surface area contributed by atoms with Crippen LogP contribution >= 0.6 is 0 Å². The third kappa shape index (κ3) is 6.14. The molecule has 0 fully saturated rings. The molecule has 3 nitrogen and oxygen atoms in total. The Balaban J connectivity index is 2.78. The second kappa shape index (κ2) is 7.99. The highest BCUT2D eigenvalue weighted by Gasteiger charge is 2.32. The Bertz CT molecular complexity index is 396. The van der Waals surface area contributed by atoms with Gasteiger partial charge >= 0.3 is 6.36 Å². The summed E-state index contributed by atoms with van der Waals surface area (Å²) in [5.41, 5.74) is 0. The van der Waals surface area contributed by atoms with Gasteiger partial charge in [-0.25, -0.2) is 0 Å². The van der Waals surface area contributed by atoms with Crippen LogP contribution in [0.2, 0.25) is 0 Å². The van der Waals surface area contributed by atoms with Crippen LogP contribution in [0.15, 0.2) is 24.3 Å². The molecule has 0 saturated heterocycles. The molecule has 0 bridgehead atoms. The van der Waals surface area contributed by atoms with Crippen LogP contribution in [0.1, 0.15) is 26.7 Å². The molecule has 1 aromatic rings. The summed E-state index contributed by atoms with van der Waals surface area (Å²) in [7, 11) is 0. The van der Waals surface area contributed by atoms with Crippen molar-refractivity contribution in [3.8, 4) is 11.5 Å². The number of para-hydroxylation sites is 2. The van der Waals surface area contributed by atoms with Crippen LogP contribution in [-0.4, -0.2) is 25.6 Å². The molecule has 1 rings (SSSR count). The lowest BCUT2D eigenvalue weighted by atomic mass is 10.2. The van der Waals surface area contributed by atoms with Gasteiger partial charge in [-0.05, 0) is 25.1 Å². The molecule has 6 heteroatoms. The highest BCUT2D eigenvalue weighted by molar-refractivity contribution is 5.39. The molecule has 1 atom stereocenters. The fraction of sp³-hybridized carbons (Fsp3) is 0.571. The zero-order chi connectivity index (χ0) is 15.0. The second-order valence-corrected chi connectivity index (χ2v) is 4.33. The highest BCUT2D eigenvalue weighted by Crippen LogP contribution is 2.32. The minimum absolute atomic E-state index is 0.112. The minimum atomic E-state index is -4.72. The van der Waals surface area contributed by atoms with Crippen LogP contribution in [0.3, 0.4) is 0 Å². The average molecular weight is 291 g/mol. The molecular weight excluding hydrogens is 271 g/mol. The summed E-state index contributed by atoms with van der Waals surface area (Å²) in [4.78, 5) is 0. The van der Waals surface area contributed by atoms with Gasteiger partial charge in [-0.15, -0.1) is 13.2 Å². The van der Waals surface area contributed by atoms with Gasteiger partial charge in [-0.2, -0.15) is 0 Å². The highest BCUT2D eigenvalue weighted by atomic mass is 19.4. The Hall–Kier alpha value is -1.43. The van der Waals surface area contributed by atoms with Crippen molar-refractivity contribution < 1.29 is 22.6 Å². The lowest BCUT2D eigenvalue weighted by Gasteiger charge is -2.21. The number of benzene rings is 1. The largest absolute Gasteiger partial charge is 0.573 e. The molecule has 0 radical (unpaired) electrons.